The summed E-state index contributed by atoms with van der Waals surface area (Å²) in [5, 5.41) is 28.9. The molecule has 0 spiro atoms. The highest BCUT2D eigenvalue weighted by atomic mass is 31.2. The second-order valence-corrected chi connectivity index (χ2v) is 15.6. The Morgan fingerprint density at radius 1 is 0.578 bits per heavy atom. The molecule has 0 heterocycles. The van der Waals surface area contributed by atoms with E-state index >= 15 is 0 Å². The van der Waals surface area contributed by atoms with Crippen LogP contribution in [0.25, 0.3) is 0 Å². The molecule has 0 rings (SSSR count). The molecule has 0 aromatic heterocycles. The van der Waals surface area contributed by atoms with E-state index < -0.39 is 69.9 Å². The number of carboxylic acids is 1. The number of phosphoric acid groups is 1. The number of aliphatic hydroxyl groups is 2. The molecule has 0 radical (unpaired) electrons. The third-order valence-corrected chi connectivity index (χ3v) is 9.22. The van der Waals surface area contributed by atoms with Gasteiger partial charge in [-0.3, -0.25) is 23.4 Å². The van der Waals surface area contributed by atoms with E-state index in [0.29, 0.717) is 38.5 Å². The van der Waals surface area contributed by atoms with Crippen LogP contribution in [0.5, 0.6) is 0 Å². The van der Waals surface area contributed by atoms with Gasteiger partial charge in [0, 0.05) is 12.8 Å². The van der Waals surface area contributed by atoms with Crippen molar-refractivity contribution in [2.75, 3.05) is 19.8 Å². The minimum atomic E-state index is -4.80. The summed E-state index contributed by atoms with van der Waals surface area (Å²) in [6.07, 6.45) is 52.9. The zero-order valence-electron chi connectivity index (χ0n) is 37.8. The summed E-state index contributed by atoms with van der Waals surface area (Å²) >= 11 is 0. The van der Waals surface area contributed by atoms with Crippen LogP contribution in [0.2, 0.25) is 0 Å². The van der Waals surface area contributed by atoms with Crippen LogP contribution in [0.3, 0.4) is 0 Å². The number of unbranched alkanes of at least 4 members (excludes halogenated alkanes) is 1. The van der Waals surface area contributed by atoms with E-state index in [9.17, 15) is 34.1 Å². The van der Waals surface area contributed by atoms with Crippen LogP contribution < -0.4 is 5.73 Å². The standard InChI is InChI=1S/C50H74NO12P/c1-3-5-7-8-9-10-11-12-13-14-15-16-17-18-19-20-24-27-33-40-49(55)63-46(42-61-64(58,59)62-43-47(51)50(56)57)41-60-48(54)39-34-28-32-38-45(53)37-31-26-23-21-22-25-30-36-44(52)35-29-6-4-2/h5-7,9-10,12-13,15-16,18-19,22-27,29-32,36-38,44-47,52-53H,3-4,8,11,14,17,20-21,28,33-35,39-43,51H2,1-2H3,(H,56,57)(H,58,59)/b7-5-,10-9-,13-12-,16-15-,19-18-,25-22-,26-23-,27-24-,29-6-,36-30+,37-31+,38-32-/t44-,45-,46-,47+/m1/s1. The molecular formula is C50H74NO12P. The Labute approximate surface area is 381 Å². The zero-order chi connectivity index (χ0) is 47.4. The van der Waals surface area contributed by atoms with Crippen molar-refractivity contribution in [3.05, 3.63) is 146 Å². The quantitative estimate of drug-likeness (QED) is 0.0128. The molecule has 0 bridgehead atoms. The lowest BCUT2D eigenvalue weighted by Crippen LogP contribution is -2.34. The van der Waals surface area contributed by atoms with E-state index in [-0.39, 0.29) is 12.8 Å². The molecule has 0 amide bonds. The van der Waals surface area contributed by atoms with Crippen molar-refractivity contribution >= 4 is 25.7 Å². The maximum atomic E-state index is 12.6. The van der Waals surface area contributed by atoms with Crippen LogP contribution in [0, 0.1) is 0 Å². The molecule has 13 nitrogen and oxygen atoms in total. The predicted molar refractivity (Wildman–Crippen MR) is 256 cm³/mol. The van der Waals surface area contributed by atoms with Gasteiger partial charge < -0.3 is 35.4 Å². The van der Waals surface area contributed by atoms with Gasteiger partial charge in [0.25, 0.3) is 0 Å². The first-order valence-corrected chi connectivity index (χ1v) is 23.6. The van der Waals surface area contributed by atoms with Crippen LogP contribution in [0.4, 0.5) is 0 Å². The summed E-state index contributed by atoms with van der Waals surface area (Å²) in [7, 11) is -4.80. The lowest BCUT2D eigenvalue weighted by atomic mass is 10.2. The fourth-order valence-electron chi connectivity index (χ4n) is 4.83. The number of rotatable bonds is 38. The molecule has 0 aromatic rings. The molecule has 64 heavy (non-hydrogen) atoms. The van der Waals surface area contributed by atoms with Crippen LogP contribution in [0.1, 0.15) is 104 Å². The van der Waals surface area contributed by atoms with Gasteiger partial charge in [-0.25, -0.2) is 4.57 Å². The van der Waals surface area contributed by atoms with Crippen molar-refractivity contribution in [3.8, 4) is 0 Å². The average Bonchev–Trinajstić information content (AvgIpc) is 3.26. The zero-order valence-corrected chi connectivity index (χ0v) is 38.7. The molecule has 14 heteroatoms. The number of carboxylic acid groups (broad SMARTS) is 1. The van der Waals surface area contributed by atoms with E-state index in [0.717, 1.165) is 38.5 Å². The van der Waals surface area contributed by atoms with Crippen molar-refractivity contribution in [1.82, 2.24) is 0 Å². The maximum absolute atomic E-state index is 12.6. The van der Waals surface area contributed by atoms with Gasteiger partial charge >= 0.3 is 25.7 Å². The van der Waals surface area contributed by atoms with Crippen LogP contribution >= 0.6 is 7.82 Å². The summed E-state index contributed by atoms with van der Waals surface area (Å²) in [4.78, 5) is 46.0. The Morgan fingerprint density at radius 2 is 1.09 bits per heavy atom. The molecule has 0 aliphatic carbocycles. The number of carbonyl (C=O) groups is 3. The summed E-state index contributed by atoms with van der Waals surface area (Å²) in [5.74, 6) is -2.72. The molecular weight excluding hydrogens is 838 g/mol. The van der Waals surface area contributed by atoms with Crippen molar-refractivity contribution in [3.63, 3.8) is 0 Å². The summed E-state index contributed by atoms with van der Waals surface area (Å²) in [5.41, 5.74) is 5.32. The second-order valence-electron chi connectivity index (χ2n) is 14.1. The summed E-state index contributed by atoms with van der Waals surface area (Å²) < 4.78 is 32.5. The largest absolute Gasteiger partial charge is 0.480 e. The van der Waals surface area contributed by atoms with Gasteiger partial charge in [-0.1, -0.05) is 160 Å². The number of nitrogens with two attached hydrogens (primary N) is 1. The Kier molecular flexibility index (Phi) is 39.1. The molecule has 0 fully saturated rings. The molecule has 356 valence electrons. The Bertz CT molecular complexity index is 1670. The Balaban J connectivity index is 4.75. The van der Waals surface area contributed by atoms with E-state index in [4.69, 9.17) is 24.8 Å². The fraction of sp³-hybridized carbons (Fsp3) is 0.460. The van der Waals surface area contributed by atoms with Gasteiger partial charge in [0.15, 0.2) is 6.10 Å². The molecule has 0 saturated heterocycles. The number of aliphatic carboxylic acids is 1. The molecule has 0 aliphatic heterocycles. The Morgan fingerprint density at radius 3 is 1.67 bits per heavy atom. The number of esters is 2. The number of phosphoric ester groups is 1. The lowest BCUT2D eigenvalue weighted by molar-refractivity contribution is -0.161. The van der Waals surface area contributed by atoms with Gasteiger partial charge in [0.05, 0.1) is 25.4 Å². The minimum absolute atomic E-state index is 0.00940. The minimum Gasteiger partial charge on any atom is -0.480 e. The highest BCUT2D eigenvalue weighted by Gasteiger charge is 2.28. The van der Waals surface area contributed by atoms with E-state index in [1.807, 2.05) is 67.7 Å². The third-order valence-electron chi connectivity index (χ3n) is 8.27. The monoisotopic (exact) mass is 911 g/mol. The van der Waals surface area contributed by atoms with Crippen molar-refractivity contribution in [2.45, 2.75) is 128 Å². The number of hydrogen-bond donors (Lipinski definition) is 5. The highest BCUT2D eigenvalue weighted by molar-refractivity contribution is 7.47. The second kappa shape index (κ2) is 42.2. The number of aliphatic hydroxyl groups excluding tert-OH is 2. The van der Waals surface area contributed by atoms with E-state index in [1.54, 1.807) is 30.4 Å². The number of allylic oxidation sites excluding steroid dienone is 20. The van der Waals surface area contributed by atoms with E-state index in [2.05, 4.69) is 66.1 Å². The van der Waals surface area contributed by atoms with Crippen LogP contribution in [-0.2, 0) is 37.5 Å². The molecule has 5 atom stereocenters. The van der Waals surface area contributed by atoms with Crippen molar-refractivity contribution < 1.29 is 57.7 Å². The normalized spacial score (nSPS) is 16.0. The topological polar surface area (TPSA) is 212 Å². The first-order valence-electron chi connectivity index (χ1n) is 22.1. The first-order chi connectivity index (χ1) is 30.9. The molecule has 0 aliphatic rings. The van der Waals surface area contributed by atoms with Gasteiger partial charge in [-0.05, 0) is 77.0 Å². The number of hydrogen-bond acceptors (Lipinski definition) is 11. The maximum Gasteiger partial charge on any atom is 0.472 e. The van der Waals surface area contributed by atoms with Crippen LogP contribution in [-0.4, -0.2) is 82.3 Å². The van der Waals surface area contributed by atoms with Crippen molar-refractivity contribution in [2.24, 2.45) is 5.73 Å². The molecule has 1 unspecified atom stereocenters. The molecule has 6 N–H and O–H groups in total. The number of ether oxygens (including phenoxy) is 2. The summed E-state index contributed by atoms with van der Waals surface area (Å²) in [6, 6.07) is -1.57. The third kappa shape index (κ3) is 41.3. The van der Waals surface area contributed by atoms with Gasteiger partial charge in [-0.15, -0.1) is 0 Å². The highest BCUT2D eigenvalue weighted by Crippen LogP contribution is 2.43. The van der Waals surface area contributed by atoms with Gasteiger partial charge in [0.1, 0.15) is 12.6 Å². The van der Waals surface area contributed by atoms with Crippen LogP contribution in [0.15, 0.2) is 146 Å². The number of carbonyl (C=O) groups excluding carboxylic acids is 2. The first kappa shape index (κ1) is 59.3. The summed E-state index contributed by atoms with van der Waals surface area (Å²) in [6.45, 7) is 2.19. The predicted octanol–water partition coefficient (Wildman–Crippen LogP) is 9.88. The van der Waals surface area contributed by atoms with Gasteiger partial charge in [0.2, 0.25) is 0 Å². The lowest BCUT2D eigenvalue weighted by Gasteiger charge is -2.20. The Hall–Kier alpha value is -4.72. The van der Waals surface area contributed by atoms with Gasteiger partial charge in [-0.2, -0.15) is 0 Å². The van der Waals surface area contributed by atoms with Crippen molar-refractivity contribution in [1.29, 1.82) is 0 Å². The fourth-order valence-corrected chi connectivity index (χ4v) is 5.61. The molecule has 0 aromatic carbocycles. The van der Waals surface area contributed by atoms with E-state index in [1.165, 1.54) is 0 Å². The SMILES string of the molecule is CC/C=C\C/C=C\C/C=C\C/C=C\C/C=C\C/C=C\CCC(=O)O[C@H](COC(=O)CCC/C=C\[C@H](O)/C=C/C=C\C/C=C\C=C\[C@H](O)C/C=C\CC)COP(=O)(O)OC[C@H](N)C(=O)O. The smallest absolute Gasteiger partial charge is 0.472 e. The average molecular weight is 912 g/mol. The molecule has 0 saturated carbocycles.